The Hall–Kier alpha value is -0.340. The Morgan fingerprint density at radius 3 is 2.76 bits per heavy atom. The summed E-state index contributed by atoms with van der Waals surface area (Å²) < 4.78 is 1.02. The molecule has 3 heteroatoms. The van der Waals surface area contributed by atoms with E-state index in [1.807, 2.05) is 6.20 Å². The normalized spacial score (nSPS) is 18.4. The molecule has 0 atom stereocenters. The summed E-state index contributed by atoms with van der Waals surface area (Å²) in [6.07, 6.45) is 12.6. The van der Waals surface area contributed by atoms with Crippen molar-refractivity contribution in [1.82, 2.24) is 4.98 Å². The van der Waals surface area contributed by atoms with Gasteiger partial charge in [0.2, 0.25) is 0 Å². The van der Waals surface area contributed by atoms with Gasteiger partial charge in [-0.15, -0.1) is 11.6 Å². The Balaban J connectivity index is 2.16. The van der Waals surface area contributed by atoms with Crippen LogP contribution in [0.1, 0.15) is 37.7 Å². The molecule has 0 N–H and O–H groups in total. The van der Waals surface area contributed by atoms with Crippen molar-refractivity contribution in [1.29, 1.82) is 0 Å². The number of pyridine rings is 1. The zero-order valence-electron chi connectivity index (χ0n) is 9.83. The van der Waals surface area contributed by atoms with Gasteiger partial charge in [-0.2, -0.15) is 0 Å². The van der Waals surface area contributed by atoms with Gasteiger partial charge in [0.25, 0.3) is 0 Å². The first-order valence-electron chi connectivity index (χ1n) is 6.16. The molecule has 0 amide bonds. The van der Waals surface area contributed by atoms with Crippen molar-refractivity contribution in [3.8, 4) is 0 Å². The number of aromatic nitrogens is 1. The van der Waals surface area contributed by atoms with Crippen LogP contribution < -0.4 is 0 Å². The van der Waals surface area contributed by atoms with Crippen LogP contribution >= 0.6 is 27.5 Å². The van der Waals surface area contributed by atoms with Crippen molar-refractivity contribution in [3.05, 3.63) is 34.1 Å². The molecule has 1 saturated carbocycles. The van der Waals surface area contributed by atoms with Crippen LogP contribution in [0.3, 0.4) is 0 Å². The topological polar surface area (TPSA) is 12.9 Å². The molecule has 0 saturated heterocycles. The molecule has 0 aliphatic heterocycles. The van der Waals surface area contributed by atoms with E-state index < -0.39 is 0 Å². The van der Waals surface area contributed by atoms with E-state index in [0.29, 0.717) is 11.8 Å². The Kier molecular flexibility index (Phi) is 5.05. The van der Waals surface area contributed by atoms with E-state index in [9.17, 15) is 0 Å². The minimum Gasteiger partial charge on any atom is -0.263 e. The van der Waals surface area contributed by atoms with E-state index in [-0.39, 0.29) is 0 Å². The summed E-state index contributed by atoms with van der Waals surface area (Å²) in [5, 5.41) is 0. The van der Waals surface area contributed by atoms with Gasteiger partial charge < -0.3 is 0 Å². The molecule has 1 aliphatic carbocycles. The maximum absolute atomic E-state index is 6.09. The highest BCUT2D eigenvalue weighted by atomic mass is 79.9. The molecule has 1 aliphatic rings. The standard InChI is InChI=1S/C14H17BrClN/c15-14-7-11(9-17-10-14)6-13(8-16)12-4-2-1-3-5-12/h6-7,9-10,12H,1-5,8H2/b13-6-. The van der Waals surface area contributed by atoms with E-state index in [1.165, 1.54) is 37.7 Å². The van der Waals surface area contributed by atoms with Crippen LogP contribution in [0.5, 0.6) is 0 Å². The highest BCUT2D eigenvalue weighted by Crippen LogP contribution is 2.31. The van der Waals surface area contributed by atoms with E-state index in [4.69, 9.17) is 11.6 Å². The zero-order chi connectivity index (χ0) is 12.1. The Morgan fingerprint density at radius 2 is 2.12 bits per heavy atom. The fraction of sp³-hybridized carbons (Fsp3) is 0.500. The summed E-state index contributed by atoms with van der Waals surface area (Å²) in [4.78, 5) is 4.18. The summed E-state index contributed by atoms with van der Waals surface area (Å²) >= 11 is 9.54. The molecule has 1 aromatic heterocycles. The number of alkyl halides is 1. The van der Waals surface area contributed by atoms with Crippen LogP contribution in [0.4, 0.5) is 0 Å². The second-order valence-electron chi connectivity index (χ2n) is 4.62. The number of nitrogens with zero attached hydrogens (tertiary/aromatic N) is 1. The third-order valence-electron chi connectivity index (χ3n) is 3.36. The second-order valence-corrected chi connectivity index (χ2v) is 5.81. The first kappa shape index (κ1) is 13.1. The van der Waals surface area contributed by atoms with Gasteiger partial charge in [-0.05, 0) is 46.3 Å². The minimum absolute atomic E-state index is 0.636. The predicted molar refractivity (Wildman–Crippen MR) is 77.2 cm³/mol. The molecule has 0 radical (unpaired) electrons. The molecular formula is C14H17BrClN. The first-order chi connectivity index (χ1) is 8.29. The molecule has 1 nitrogen and oxygen atoms in total. The molecule has 0 bridgehead atoms. The molecular weight excluding hydrogens is 298 g/mol. The fourth-order valence-electron chi connectivity index (χ4n) is 2.46. The number of halogens is 2. The van der Waals surface area contributed by atoms with Gasteiger partial charge in [0.15, 0.2) is 0 Å². The average Bonchev–Trinajstić information content (AvgIpc) is 2.37. The smallest absolute Gasteiger partial charge is 0.0439 e. The molecule has 0 aromatic carbocycles. The summed E-state index contributed by atoms with van der Waals surface area (Å²) in [6, 6.07) is 2.09. The Labute approximate surface area is 116 Å². The van der Waals surface area contributed by atoms with E-state index in [1.54, 1.807) is 6.20 Å². The van der Waals surface area contributed by atoms with Crippen LogP contribution in [0, 0.1) is 5.92 Å². The quantitative estimate of drug-likeness (QED) is 0.712. The second kappa shape index (κ2) is 6.55. The van der Waals surface area contributed by atoms with Crippen molar-refractivity contribution in [2.24, 2.45) is 5.92 Å². The van der Waals surface area contributed by atoms with Crippen molar-refractivity contribution < 1.29 is 0 Å². The summed E-state index contributed by atoms with van der Waals surface area (Å²) in [6.45, 7) is 0. The molecule has 1 heterocycles. The summed E-state index contributed by atoms with van der Waals surface area (Å²) in [7, 11) is 0. The van der Waals surface area contributed by atoms with Crippen LogP contribution in [0.2, 0.25) is 0 Å². The van der Waals surface area contributed by atoms with Crippen LogP contribution in [0.25, 0.3) is 6.08 Å². The molecule has 0 unspecified atom stereocenters. The third kappa shape index (κ3) is 3.82. The van der Waals surface area contributed by atoms with Gasteiger partial charge >= 0.3 is 0 Å². The van der Waals surface area contributed by atoms with Crippen molar-refractivity contribution >= 4 is 33.6 Å². The minimum atomic E-state index is 0.636. The lowest BCUT2D eigenvalue weighted by Gasteiger charge is -2.23. The van der Waals surface area contributed by atoms with E-state index in [2.05, 4.69) is 33.1 Å². The summed E-state index contributed by atoms with van der Waals surface area (Å²) in [5.41, 5.74) is 2.51. The van der Waals surface area contributed by atoms with Gasteiger partial charge in [0.05, 0.1) is 0 Å². The van der Waals surface area contributed by atoms with Crippen molar-refractivity contribution in [2.45, 2.75) is 32.1 Å². The highest BCUT2D eigenvalue weighted by Gasteiger charge is 2.17. The summed E-state index contributed by atoms with van der Waals surface area (Å²) in [5.74, 6) is 1.32. The third-order valence-corrected chi connectivity index (χ3v) is 4.10. The molecule has 2 rings (SSSR count). The largest absolute Gasteiger partial charge is 0.263 e. The van der Waals surface area contributed by atoms with Gasteiger partial charge in [-0.1, -0.05) is 30.9 Å². The Morgan fingerprint density at radius 1 is 1.35 bits per heavy atom. The predicted octanol–water partition coefficient (Wildman–Crippen LogP) is 5.05. The average molecular weight is 315 g/mol. The van der Waals surface area contributed by atoms with Gasteiger partial charge in [0, 0.05) is 22.7 Å². The fourth-order valence-corrected chi connectivity index (χ4v) is 3.14. The van der Waals surface area contributed by atoms with Crippen molar-refractivity contribution in [2.75, 3.05) is 5.88 Å². The number of rotatable bonds is 3. The molecule has 1 fully saturated rings. The van der Waals surface area contributed by atoms with Crippen molar-refractivity contribution in [3.63, 3.8) is 0 Å². The van der Waals surface area contributed by atoms with E-state index >= 15 is 0 Å². The van der Waals surface area contributed by atoms with Crippen LogP contribution in [-0.4, -0.2) is 10.9 Å². The SMILES string of the molecule is ClC/C(=C/c1cncc(Br)c1)C1CCCCC1. The van der Waals surface area contributed by atoms with E-state index in [0.717, 1.165) is 10.0 Å². The van der Waals surface area contributed by atoms with Crippen LogP contribution in [-0.2, 0) is 0 Å². The highest BCUT2D eigenvalue weighted by molar-refractivity contribution is 9.10. The van der Waals surface area contributed by atoms with Gasteiger partial charge in [0.1, 0.15) is 0 Å². The monoisotopic (exact) mass is 313 g/mol. The zero-order valence-corrected chi connectivity index (χ0v) is 12.2. The van der Waals surface area contributed by atoms with Gasteiger partial charge in [-0.25, -0.2) is 0 Å². The van der Waals surface area contributed by atoms with Crippen LogP contribution in [0.15, 0.2) is 28.5 Å². The first-order valence-corrected chi connectivity index (χ1v) is 7.49. The molecule has 0 spiro atoms. The molecule has 17 heavy (non-hydrogen) atoms. The molecule has 1 aromatic rings. The lowest BCUT2D eigenvalue weighted by molar-refractivity contribution is 0.405. The lowest BCUT2D eigenvalue weighted by atomic mass is 9.84. The molecule has 92 valence electrons. The Bertz CT molecular complexity index is 397. The number of hydrogen-bond acceptors (Lipinski definition) is 1. The number of allylic oxidation sites excluding steroid dienone is 1. The maximum Gasteiger partial charge on any atom is 0.0439 e. The van der Waals surface area contributed by atoms with Gasteiger partial charge in [-0.3, -0.25) is 4.98 Å². The number of hydrogen-bond donors (Lipinski definition) is 0. The maximum atomic E-state index is 6.09. The lowest BCUT2D eigenvalue weighted by Crippen LogP contribution is -2.10.